The van der Waals surface area contributed by atoms with E-state index < -0.39 is 88.7 Å². The van der Waals surface area contributed by atoms with Crippen LogP contribution in [0.1, 0.15) is 57.6 Å². The molecule has 0 saturated carbocycles. The van der Waals surface area contributed by atoms with Gasteiger partial charge in [0.05, 0.1) is 150 Å². The van der Waals surface area contributed by atoms with Gasteiger partial charge in [-0.2, -0.15) is 4.58 Å². The number of methoxy groups -OCH3 is 2. The number of hydrogen-bond acceptors (Lipinski definition) is 28. The Morgan fingerprint density at radius 2 is 0.979 bits per heavy atom. The van der Waals surface area contributed by atoms with Crippen molar-refractivity contribution in [1.29, 1.82) is 0 Å². The molecule has 1 unspecified atom stereocenters. The number of nitrogens with zero attached hydrogens (tertiary/aromatic N) is 3. The number of imide groups is 1. The fourth-order valence-corrected chi connectivity index (χ4v) is 13.8. The van der Waals surface area contributed by atoms with Crippen molar-refractivity contribution in [3.8, 4) is 0 Å². The molecule has 0 aromatic heterocycles. The number of hydrogen-bond donors (Lipinski definition) is 0. The molecule has 4 aromatic carbocycles. The molecule has 30 nitrogen and oxygen atoms in total. The van der Waals surface area contributed by atoms with Crippen LogP contribution in [-0.4, -0.2) is 244 Å². The number of ether oxygens (including phenoxy) is 11. The number of fused-ring (bicyclic) bond motifs is 6. The number of rotatable bonds is 43. The Kier molecular flexibility index (Phi) is 27.9. The fourth-order valence-electron chi connectivity index (χ4n) is 11.3. The zero-order chi connectivity index (χ0) is 69.2. The summed E-state index contributed by atoms with van der Waals surface area (Å²) >= 11 is 0. The smallest absolute Gasteiger partial charge is 0.335 e. The predicted molar refractivity (Wildman–Crippen MR) is 332 cm³/mol. The molecule has 3 aliphatic heterocycles. The second-order valence-corrected chi connectivity index (χ2v) is 27.8. The molecule has 7 rings (SSSR count). The highest BCUT2D eigenvalue weighted by Gasteiger charge is 2.48. The van der Waals surface area contributed by atoms with Crippen molar-refractivity contribution in [1.82, 2.24) is 5.06 Å². The van der Waals surface area contributed by atoms with Crippen LogP contribution in [0.5, 0.6) is 0 Å². The summed E-state index contributed by atoms with van der Waals surface area (Å²) in [6, 6.07) is 8.81. The summed E-state index contributed by atoms with van der Waals surface area (Å²) < 4.78 is 216. The summed E-state index contributed by atoms with van der Waals surface area (Å²) in [6.07, 6.45) is 5.13. The highest BCUT2D eigenvalue weighted by molar-refractivity contribution is 7.87. The average Bonchev–Trinajstić information content (AvgIpc) is 1.59. The van der Waals surface area contributed by atoms with Crippen molar-refractivity contribution in [2.45, 2.75) is 76.9 Å². The maximum absolute atomic E-state index is 13.1. The summed E-state index contributed by atoms with van der Waals surface area (Å²) in [7, 11) is -18.1. The Morgan fingerprint density at radius 1 is 0.526 bits per heavy atom. The van der Waals surface area contributed by atoms with E-state index in [4.69, 9.17) is 56.9 Å². The lowest BCUT2D eigenvalue weighted by atomic mass is 9.76. The first-order valence-electron chi connectivity index (χ1n) is 30.2. The van der Waals surface area contributed by atoms with Crippen LogP contribution in [0.3, 0.4) is 0 Å². The van der Waals surface area contributed by atoms with E-state index in [0.717, 1.165) is 24.3 Å². The van der Waals surface area contributed by atoms with Crippen molar-refractivity contribution >= 4 is 96.9 Å². The van der Waals surface area contributed by atoms with Gasteiger partial charge in [-0.25, -0.2) is 38.5 Å². The first-order chi connectivity index (χ1) is 45.0. The van der Waals surface area contributed by atoms with Gasteiger partial charge in [-0.05, 0) is 91.4 Å². The van der Waals surface area contributed by atoms with Crippen LogP contribution in [0.25, 0.3) is 21.5 Å². The van der Waals surface area contributed by atoms with Crippen LogP contribution >= 0.6 is 0 Å². The summed E-state index contributed by atoms with van der Waals surface area (Å²) in [6.45, 7) is 9.70. The molecule has 1 saturated heterocycles. The third kappa shape index (κ3) is 20.2. The van der Waals surface area contributed by atoms with Gasteiger partial charge in [-0.15, -0.1) is 5.06 Å². The lowest BCUT2D eigenvalue weighted by molar-refractivity contribution is -0.442. The van der Waals surface area contributed by atoms with Crippen molar-refractivity contribution in [2.24, 2.45) is 0 Å². The van der Waals surface area contributed by atoms with Crippen molar-refractivity contribution in [2.75, 3.05) is 164 Å². The fraction of sp³-hybridized carbons (Fsp3) is 0.541. The number of amides is 2. The van der Waals surface area contributed by atoms with E-state index in [9.17, 15) is 66.3 Å². The Labute approximate surface area is 551 Å². The summed E-state index contributed by atoms with van der Waals surface area (Å²) in [5, 5.41) is 0.212. The van der Waals surface area contributed by atoms with Gasteiger partial charge in [0, 0.05) is 80.1 Å². The molecular formula is C61H78N3O27S4-3. The van der Waals surface area contributed by atoms with Gasteiger partial charge in [0.25, 0.3) is 11.8 Å². The van der Waals surface area contributed by atoms with Gasteiger partial charge < -0.3 is 80.1 Å². The molecule has 0 spiro atoms. The number of anilines is 1. The zero-order valence-corrected chi connectivity index (χ0v) is 56.5. The molecule has 3 heterocycles. The zero-order valence-electron chi connectivity index (χ0n) is 53.2. The summed E-state index contributed by atoms with van der Waals surface area (Å²) in [5.41, 5.74) is -0.0393. The van der Waals surface area contributed by atoms with E-state index in [-0.39, 0.29) is 178 Å². The highest BCUT2D eigenvalue weighted by atomic mass is 32.2. The molecule has 2 amide bonds. The van der Waals surface area contributed by atoms with Crippen LogP contribution in [0.4, 0.5) is 11.4 Å². The van der Waals surface area contributed by atoms with Gasteiger partial charge in [0.1, 0.15) is 47.1 Å². The lowest BCUT2D eigenvalue weighted by Crippen LogP contribution is -2.32. The van der Waals surface area contributed by atoms with E-state index in [1.165, 1.54) is 19.2 Å². The molecule has 34 heteroatoms. The normalized spacial score (nSPS) is 17.3. The molecule has 1 atom stereocenters. The first kappa shape index (κ1) is 76.5. The van der Waals surface area contributed by atoms with E-state index in [2.05, 4.69) is 0 Å². The Balaban J connectivity index is 1.07. The second-order valence-electron chi connectivity index (χ2n) is 22.4. The Bertz CT molecular complexity index is 3940. The molecule has 1 fully saturated rings. The van der Waals surface area contributed by atoms with Crippen molar-refractivity contribution < 1.29 is 128 Å². The van der Waals surface area contributed by atoms with Gasteiger partial charge in [0.15, 0.2) is 12.3 Å². The highest BCUT2D eigenvalue weighted by Crippen LogP contribution is 2.54. The summed E-state index contributed by atoms with van der Waals surface area (Å²) in [5.74, 6) is -1.89. The number of carbonyl (C=O) groups excluding carboxylic acids is 3. The van der Waals surface area contributed by atoms with Gasteiger partial charge >= 0.3 is 5.97 Å². The minimum absolute atomic E-state index is 0.000678. The molecule has 4 aromatic rings. The average molecular weight is 1410 g/mol. The third-order valence-corrected chi connectivity index (χ3v) is 19.1. The van der Waals surface area contributed by atoms with Crippen LogP contribution in [0.15, 0.2) is 92.0 Å². The quantitative estimate of drug-likeness (QED) is 0.0266. The molecule has 3 aliphatic rings. The maximum atomic E-state index is 13.1. The van der Waals surface area contributed by atoms with Crippen molar-refractivity contribution in [3.05, 3.63) is 83.6 Å². The van der Waals surface area contributed by atoms with Gasteiger partial charge in [-0.3, -0.25) is 9.59 Å². The van der Waals surface area contributed by atoms with Crippen molar-refractivity contribution in [3.63, 3.8) is 0 Å². The van der Waals surface area contributed by atoms with Gasteiger partial charge in [-0.1, -0.05) is 12.1 Å². The molecule has 0 aliphatic carbocycles. The van der Waals surface area contributed by atoms with E-state index >= 15 is 0 Å². The predicted octanol–water partition coefficient (Wildman–Crippen LogP) is 3.03. The van der Waals surface area contributed by atoms with E-state index in [0.29, 0.717) is 59.2 Å². The molecular weight excluding hydrogens is 1330 g/mol. The molecule has 0 N–H and O–H groups in total. The minimum atomic E-state index is -5.36. The van der Waals surface area contributed by atoms with Crippen LogP contribution in [0.2, 0.25) is 0 Å². The SMILES string of the molecule is COCCOCCOCCOCCC1(C)C(=CC=CC2=[N+](CCOCCOCCOCCOCCOCCOCCC(=O)ON3C(=O)CCC3=O)c3ccc4c(S(=O)(=O)[O-])cc(S(=O)(=O)[O-])cc4c3C2(C)C)N(CCOC)c2cc(S(=O)(=O)[O-])c3ccc(S(=O)(=O)[O-])cc3c21. The first-order valence-corrected chi connectivity index (χ1v) is 35.8. The molecule has 95 heavy (non-hydrogen) atoms. The Morgan fingerprint density at radius 3 is 1.48 bits per heavy atom. The molecule has 0 radical (unpaired) electrons. The number of carbonyl (C=O) groups is 3. The van der Waals surface area contributed by atoms with Crippen LogP contribution < -0.4 is 4.90 Å². The van der Waals surface area contributed by atoms with Crippen LogP contribution in [-0.2, 0) is 123 Å². The standard InChI is InChI=1S/C61H81N3O27S4/c1-60(2)53(7-6-8-54-61(3,16-20-83-26-29-87-32-31-85-24-23-81-5)59-48-39-43(92(68,69)70)9-10-45(48)52(95(77,78)79)42-50(59)63(54)17-21-80-4)62(49-12-11-46-47(58(49)60)40-44(93(71,72)73)41-51(46)94(74,75)76)18-22-84-27-30-88-34-36-90-38-37-89-35-33-86-28-25-82-19-15-57(67)91-64-55(65)13-14-56(64)66/h6-12,39-42H,13-38H2,1-5H3,(H3-,68,69,70,71,72,73,74,75,76,77,78,79)/p-3. The van der Waals surface area contributed by atoms with E-state index in [1.807, 2.05) is 11.5 Å². The lowest BCUT2D eigenvalue weighted by Gasteiger charge is -2.31. The monoisotopic (exact) mass is 1410 g/mol. The largest absolute Gasteiger partial charge is 0.744 e. The Hall–Kier alpha value is -5.84. The summed E-state index contributed by atoms with van der Waals surface area (Å²) in [4.78, 5) is 38.3. The number of benzene rings is 4. The minimum Gasteiger partial charge on any atom is -0.744 e. The van der Waals surface area contributed by atoms with Gasteiger partial charge in [0.2, 0.25) is 5.69 Å². The number of hydroxylamine groups is 2. The molecule has 0 bridgehead atoms. The second kappa shape index (κ2) is 34.6. The van der Waals surface area contributed by atoms with E-state index in [1.54, 1.807) is 50.2 Å². The molecule has 526 valence electrons. The maximum Gasteiger partial charge on any atom is 0.335 e. The van der Waals surface area contributed by atoms with Crippen LogP contribution in [0, 0.1) is 0 Å². The third-order valence-electron chi connectivity index (χ3n) is 15.7. The topological polar surface area (TPSA) is 400 Å². The number of allylic oxidation sites excluding steroid dienone is 4.